The summed E-state index contributed by atoms with van der Waals surface area (Å²) in [6, 6.07) is -0.815. The van der Waals surface area contributed by atoms with Gasteiger partial charge in [-0.25, -0.2) is 51.6 Å². The van der Waals surface area contributed by atoms with Gasteiger partial charge in [0.1, 0.15) is 64.2 Å². The van der Waals surface area contributed by atoms with E-state index in [9.17, 15) is 45.9 Å². The molecule has 22 rings (SSSR count). The molecule has 0 aromatic carbocycles. The molecular formula is C106H131Cl2F5N30O6. The van der Waals surface area contributed by atoms with Crippen LogP contribution in [0.2, 0.25) is 10.2 Å². The number of aryl methyl sites for hydroxylation is 4. The van der Waals surface area contributed by atoms with E-state index < -0.39 is 42.9 Å². The van der Waals surface area contributed by atoms with Gasteiger partial charge in [0.2, 0.25) is 29.5 Å². The fourth-order valence-corrected chi connectivity index (χ4v) is 22.3. The standard InChI is InChI=1S/C23H29FN6O.C22H27FN6O.C22H29FN6O.C20H24ClFN6O2.C19H22ClFN6O/c1-14-9-25-23-21(14)22(28-17-5-3-4-6-17)18(11-26-23)16-10-27-30(12-16)20-7-8-29(15(2)31)13-19(20)24;1-12-8-24-22-20(12)21(27-15-4-5-15)17(9-25-22)16-10-26-29(13(16)2)19-6-7-28(14(3)30)11-18(19)23;1-12(2)27-21-17(9-25-22-20(21)13(3)8-24-22)16-10-26-29(14(16)4)19-6-7-28(15(5)30)11-18(19)23;1-12(29)27-5-3-17(16(22)11-27)28-10-13(7-26-28)14-8-24-20-18(15(21)9-25-20)19(14)23-4-6-30-2;1-10-6-23-19-16(10)17(22-3)12(7-24-19)13-8-25-27(18(13)20)15-4-5-26(11(2)28)9-14(15)21/h9-12,17,19-20H,3-8,13H2,1-2H3,(H2,25,26,28);8-10,15,18-19H,4-7,11H2,1-3H3,(H2,24,25,27);8-10,12,18-19H,6-7,11H2,1-5H3,(H2,24,25,27);7-10,16-17H,3-6,11H2,1-2H3,(H2,23,24,25);6-8,14-15H,4-5,9H2,1-3H3,(H2,22,23,24)/t19-,20-;2*18-,19-;16-,17-;14-,15-/m00000/s1. The molecule has 2 saturated carbocycles. The molecule has 43 heteroatoms. The fourth-order valence-electron chi connectivity index (χ4n) is 21.7. The van der Waals surface area contributed by atoms with Gasteiger partial charge < -0.3 is 80.7 Å². The number of rotatable bonds is 21. The van der Waals surface area contributed by atoms with Crippen LogP contribution in [0.3, 0.4) is 0 Å². The molecule has 10 atom stereocenters. The number of piperidine rings is 5. The molecule has 790 valence electrons. The highest BCUT2D eigenvalue weighted by Gasteiger charge is 2.41. The van der Waals surface area contributed by atoms with E-state index in [0.29, 0.717) is 111 Å². The fraction of sp³-hybridized carbons (Fsp3) is 0.481. The van der Waals surface area contributed by atoms with Crippen LogP contribution in [0.5, 0.6) is 0 Å². The van der Waals surface area contributed by atoms with Crippen LogP contribution in [0.4, 0.5) is 50.4 Å². The second kappa shape index (κ2) is 44.8. The Bertz CT molecular complexity index is 7220. The third-order valence-corrected chi connectivity index (χ3v) is 30.7. The van der Waals surface area contributed by atoms with Gasteiger partial charge in [0, 0.05) is 269 Å². The third kappa shape index (κ3) is 21.8. The predicted octanol–water partition coefficient (Wildman–Crippen LogP) is 18.8. The summed E-state index contributed by atoms with van der Waals surface area (Å²) in [4.78, 5) is 104. The molecule has 5 amide bonds. The lowest BCUT2D eigenvalue weighted by Gasteiger charge is -2.34. The van der Waals surface area contributed by atoms with Gasteiger partial charge in [0.25, 0.3) is 0 Å². The van der Waals surface area contributed by atoms with Gasteiger partial charge in [-0.2, -0.15) is 25.5 Å². The lowest BCUT2D eigenvalue weighted by molar-refractivity contribution is -0.132. The number of ether oxygens (including phenoxy) is 1. The van der Waals surface area contributed by atoms with Crippen LogP contribution in [0.15, 0.2) is 105 Å². The molecule has 0 bridgehead atoms. The first-order valence-corrected chi connectivity index (χ1v) is 52.0. The number of pyridine rings is 5. The van der Waals surface area contributed by atoms with Gasteiger partial charge >= 0.3 is 0 Å². The normalized spacial score (nSPS) is 20.7. The number of hydrogen-bond acceptors (Lipinski definition) is 21. The van der Waals surface area contributed by atoms with Crippen molar-refractivity contribution in [1.29, 1.82) is 0 Å². The van der Waals surface area contributed by atoms with Crippen molar-refractivity contribution < 1.29 is 50.7 Å². The van der Waals surface area contributed by atoms with Gasteiger partial charge in [0.05, 0.1) is 139 Å². The molecule has 20 heterocycles. The van der Waals surface area contributed by atoms with E-state index in [-0.39, 0.29) is 86.4 Å². The molecule has 15 aromatic rings. The van der Waals surface area contributed by atoms with Gasteiger partial charge in [-0.1, -0.05) is 36.0 Å². The van der Waals surface area contributed by atoms with Crippen molar-refractivity contribution in [3.8, 4) is 55.6 Å². The quantitative estimate of drug-likeness (QED) is 0.0236. The Balaban J connectivity index is 0.000000122. The number of amides is 5. The molecule has 5 aliphatic heterocycles. The number of likely N-dealkylation sites (tertiary alicyclic amines) is 5. The summed E-state index contributed by atoms with van der Waals surface area (Å²) in [5.74, 6) is -0.461. The van der Waals surface area contributed by atoms with Crippen LogP contribution < -0.4 is 26.6 Å². The molecule has 5 saturated heterocycles. The van der Waals surface area contributed by atoms with Crippen molar-refractivity contribution in [3.63, 3.8) is 0 Å². The molecule has 7 aliphatic rings. The Morgan fingerprint density at radius 2 is 0.718 bits per heavy atom. The minimum Gasteiger partial charge on any atom is -0.387 e. The van der Waals surface area contributed by atoms with Crippen molar-refractivity contribution in [2.45, 2.75) is 240 Å². The first-order valence-electron chi connectivity index (χ1n) is 51.3. The number of halogens is 7. The molecule has 2 aliphatic carbocycles. The first-order chi connectivity index (χ1) is 71.6. The highest BCUT2D eigenvalue weighted by atomic mass is 35.5. The zero-order valence-corrected chi connectivity index (χ0v) is 88.1. The van der Waals surface area contributed by atoms with Gasteiger partial charge in [-0.05, 0) is 135 Å². The summed E-state index contributed by atoms with van der Waals surface area (Å²) < 4.78 is 87.8. The van der Waals surface area contributed by atoms with Crippen LogP contribution >= 0.6 is 23.2 Å². The van der Waals surface area contributed by atoms with E-state index in [2.05, 4.69) is 137 Å². The Morgan fingerprint density at radius 3 is 1.10 bits per heavy atom. The summed E-state index contributed by atoms with van der Waals surface area (Å²) in [5.41, 5.74) is 24.2. The SMILES string of the molecule is CC(=O)N1CC[C@H](n2cc(-c3cnc4[nH]cc(C)c4c3NC3CCCC3)cn2)[C@@H](F)C1.CC(=O)N1CC[C@H](n2ncc(-c3cnc4[nH]cc(C)c4c3NC(C)C)c2C)[C@@H](F)C1.CC(=O)N1CC[C@H](n2ncc(-c3cnc4[nH]cc(C)c4c3NC3CC3)c2C)[C@@H](F)C1.CNc1c(-c2cnn([C@H]3CCN(C(C)=O)C[C@@H]3F)c2Cl)cnc2[nH]cc(C)c12.COCCNc1c(-c2cnn([C@H]3CCN(C(C)=O)C[C@@H]3F)c2)cnc2[nH]cc(Cl)c12. The lowest BCUT2D eigenvalue weighted by atomic mass is 10.0. The van der Waals surface area contributed by atoms with Crippen molar-refractivity contribution in [3.05, 3.63) is 149 Å². The summed E-state index contributed by atoms with van der Waals surface area (Å²) in [6.07, 6.45) is 35.2. The van der Waals surface area contributed by atoms with E-state index in [1.807, 2.05) is 89.8 Å². The number of H-pyrrole nitrogens is 5. The van der Waals surface area contributed by atoms with E-state index in [0.717, 1.165) is 162 Å². The monoisotopic (exact) mass is 2090 g/mol. The summed E-state index contributed by atoms with van der Waals surface area (Å²) in [5, 5.41) is 46.0. The number of anilines is 5. The third-order valence-electron chi connectivity index (χ3n) is 30.1. The largest absolute Gasteiger partial charge is 0.387 e. The van der Waals surface area contributed by atoms with Crippen molar-refractivity contribution >= 4 is 136 Å². The Kier molecular flexibility index (Phi) is 31.6. The van der Waals surface area contributed by atoms with Crippen molar-refractivity contribution in [2.24, 2.45) is 0 Å². The highest BCUT2D eigenvalue weighted by Crippen LogP contribution is 2.47. The van der Waals surface area contributed by atoms with Crippen LogP contribution in [-0.2, 0) is 28.7 Å². The molecule has 0 radical (unpaired) electrons. The second-order valence-corrected chi connectivity index (χ2v) is 41.2. The number of hydrogen-bond donors (Lipinski definition) is 10. The molecule has 0 unspecified atom stereocenters. The van der Waals surface area contributed by atoms with Crippen LogP contribution in [0.1, 0.15) is 183 Å². The summed E-state index contributed by atoms with van der Waals surface area (Å²) in [6.45, 7) is 28.1. The number of nitrogens with one attached hydrogen (secondary N) is 10. The molecular weight excluding hydrogens is 1960 g/mol. The average Bonchev–Trinajstić information content (AvgIpc) is 1.64. The molecule has 149 heavy (non-hydrogen) atoms. The van der Waals surface area contributed by atoms with Crippen LogP contribution in [-0.4, -0.2) is 295 Å². The minimum atomic E-state index is -1.22. The number of fused-ring (bicyclic) bond motifs is 5. The average molecular weight is 2090 g/mol. The number of carbonyl (C=O) groups excluding carboxylic acids is 5. The Hall–Kier alpha value is -14.0. The second-order valence-electron chi connectivity index (χ2n) is 40.5. The number of methoxy groups -OCH3 is 1. The molecule has 10 N–H and O–H groups in total. The van der Waals surface area contributed by atoms with Gasteiger partial charge in [-0.3, -0.25) is 42.7 Å². The molecule has 15 aromatic heterocycles. The molecule has 0 spiro atoms. The van der Waals surface area contributed by atoms with Crippen LogP contribution in [0, 0.1) is 41.5 Å². The number of nitrogens with zero attached hydrogens (tertiary/aromatic N) is 20. The molecule has 7 fully saturated rings. The zero-order chi connectivity index (χ0) is 105. The minimum absolute atomic E-state index is 0.0589. The smallest absolute Gasteiger partial charge is 0.219 e. The van der Waals surface area contributed by atoms with E-state index in [4.69, 9.17) is 27.9 Å². The van der Waals surface area contributed by atoms with Crippen molar-refractivity contribution in [1.82, 2.24) is 123 Å². The first kappa shape index (κ1) is 105. The summed E-state index contributed by atoms with van der Waals surface area (Å²) in [7, 11) is 3.49. The maximum Gasteiger partial charge on any atom is 0.219 e. The number of aromatic amines is 5. The topological polar surface area (TPSA) is 403 Å². The lowest BCUT2D eigenvalue weighted by Crippen LogP contribution is -2.45. The molecule has 36 nitrogen and oxygen atoms in total. The van der Waals surface area contributed by atoms with Gasteiger partial charge in [-0.15, -0.1) is 0 Å². The van der Waals surface area contributed by atoms with Crippen molar-refractivity contribution in [2.75, 3.05) is 119 Å². The summed E-state index contributed by atoms with van der Waals surface area (Å²) >= 11 is 13.0. The Morgan fingerprint density at radius 1 is 0.389 bits per heavy atom. The maximum atomic E-state index is 14.9. The maximum absolute atomic E-state index is 14.9. The van der Waals surface area contributed by atoms with E-state index in [1.54, 1.807) is 83.9 Å². The predicted molar refractivity (Wildman–Crippen MR) is 570 cm³/mol. The zero-order valence-electron chi connectivity index (χ0n) is 86.6. The number of alkyl halides is 5. The highest BCUT2D eigenvalue weighted by molar-refractivity contribution is 6.37. The van der Waals surface area contributed by atoms with E-state index in [1.165, 1.54) is 87.6 Å². The van der Waals surface area contributed by atoms with Crippen LogP contribution in [0.25, 0.3) is 111 Å². The Labute approximate surface area is 869 Å². The number of aromatic nitrogens is 20. The number of carbonyl (C=O) groups is 5. The van der Waals surface area contributed by atoms with Gasteiger partial charge in [0.15, 0.2) is 0 Å². The van der Waals surface area contributed by atoms with E-state index >= 15 is 0 Å².